The SMILES string of the molecule is CC(C)(C)C(=O)[C@@H]1[C@@H](c2ccsc2)C(C#N)(C#N)[C@H]2C=Cc3ccccc3N12. The van der Waals surface area contributed by atoms with Crippen molar-refractivity contribution in [2.45, 2.75) is 38.8 Å². The van der Waals surface area contributed by atoms with Gasteiger partial charge in [0.05, 0.1) is 24.2 Å². The highest BCUT2D eigenvalue weighted by atomic mass is 32.1. The van der Waals surface area contributed by atoms with Crippen molar-refractivity contribution in [1.29, 1.82) is 10.5 Å². The van der Waals surface area contributed by atoms with Crippen molar-refractivity contribution in [3.63, 3.8) is 0 Å². The Balaban J connectivity index is 2.02. The molecule has 2 aliphatic heterocycles. The van der Waals surface area contributed by atoms with E-state index in [4.69, 9.17) is 0 Å². The fourth-order valence-corrected chi connectivity index (χ4v) is 5.20. The highest BCUT2D eigenvalue weighted by Crippen LogP contribution is 2.56. The summed E-state index contributed by atoms with van der Waals surface area (Å²) in [6.45, 7) is 5.71. The third-order valence-electron chi connectivity index (χ3n) is 5.83. The van der Waals surface area contributed by atoms with Crippen LogP contribution in [0.1, 0.15) is 37.8 Å². The van der Waals surface area contributed by atoms with Crippen LogP contribution in [0.3, 0.4) is 0 Å². The first-order valence-electron chi connectivity index (χ1n) is 9.29. The maximum absolute atomic E-state index is 13.7. The van der Waals surface area contributed by atoms with Gasteiger partial charge in [-0.15, -0.1) is 0 Å². The molecule has 3 heterocycles. The van der Waals surface area contributed by atoms with E-state index >= 15 is 0 Å². The predicted molar refractivity (Wildman–Crippen MR) is 111 cm³/mol. The molecule has 3 atom stereocenters. The first-order valence-corrected chi connectivity index (χ1v) is 10.2. The second-order valence-electron chi connectivity index (χ2n) is 8.46. The Morgan fingerprint density at radius 3 is 2.50 bits per heavy atom. The molecule has 1 saturated heterocycles. The number of nitrogens with zero attached hydrogens (tertiary/aromatic N) is 3. The van der Waals surface area contributed by atoms with Crippen LogP contribution >= 0.6 is 11.3 Å². The van der Waals surface area contributed by atoms with E-state index in [1.54, 1.807) is 0 Å². The number of carbonyl (C=O) groups excluding carboxylic acids is 1. The molecule has 4 nitrogen and oxygen atoms in total. The van der Waals surface area contributed by atoms with Crippen molar-refractivity contribution in [3.05, 3.63) is 58.3 Å². The first kappa shape index (κ1) is 18.5. The van der Waals surface area contributed by atoms with Crippen molar-refractivity contribution < 1.29 is 4.79 Å². The van der Waals surface area contributed by atoms with Crippen LogP contribution in [0.15, 0.2) is 47.2 Å². The number of hydrogen-bond donors (Lipinski definition) is 0. The van der Waals surface area contributed by atoms with Gasteiger partial charge in [0.1, 0.15) is 0 Å². The molecule has 0 spiro atoms. The van der Waals surface area contributed by atoms with Gasteiger partial charge in [-0.2, -0.15) is 21.9 Å². The molecule has 140 valence electrons. The second-order valence-corrected chi connectivity index (χ2v) is 9.24. The summed E-state index contributed by atoms with van der Waals surface area (Å²) < 4.78 is 0. The maximum Gasteiger partial charge on any atom is 0.176 e. The van der Waals surface area contributed by atoms with E-state index in [0.29, 0.717) is 0 Å². The Labute approximate surface area is 169 Å². The Bertz CT molecular complexity index is 1020. The van der Waals surface area contributed by atoms with Gasteiger partial charge in [-0.05, 0) is 34.0 Å². The number of rotatable bonds is 2. The molecule has 1 aromatic carbocycles. The zero-order valence-corrected chi connectivity index (χ0v) is 16.9. The van der Waals surface area contributed by atoms with E-state index in [1.807, 2.05) is 78.9 Å². The van der Waals surface area contributed by atoms with E-state index in [-0.39, 0.29) is 5.78 Å². The predicted octanol–water partition coefficient (Wildman–Crippen LogP) is 4.76. The first-order chi connectivity index (χ1) is 13.3. The molecular formula is C23H21N3OS. The topological polar surface area (TPSA) is 67.9 Å². The summed E-state index contributed by atoms with van der Waals surface area (Å²) in [6.07, 6.45) is 3.89. The van der Waals surface area contributed by atoms with E-state index in [0.717, 1.165) is 16.8 Å². The van der Waals surface area contributed by atoms with Gasteiger partial charge in [0.2, 0.25) is 0 Å². The lowest BCUT2D eigenvalue weighted by molar-refractivity contribution is -0.127. The standard InChI is InChI=1S/C23H21N3OS/c1-22(2,3)21(27)20-19(16-10-11-28-12-16)23(13-24,14-25)18-9-8-15-6-4-5-7-17(15)26(18)20/h4-12,18-20H,1-3H3/t18-,19-,20+/m1/s1. The Hall–Kier alpha value is -2.89. The number of ketones is 1. The van der Waals surface area contributed by atoms with Gasteiger partial charge in [0.25, 0.3) is 0 Å². The molecular weight excluding hydrogens is 366 g/mol. The number of anilines is 1. The molecule has 0 amide bonds. The van der Waals surface area contributed by atoms with Crippen LogP contribution in [-0.2, 0) is 4.79 Å². The fraction of sp³-hybridized carbons (Fsp3) is 0.348. The van der Waals surface area contributed by atoms with Crippen molar-refractivity contribution in [1.82, 2.24) is 0 Å². The van der Waals surface area contributed by atoms with Gasteiger partial charge in [-0.1, -0.05) is 51.1 Å². The molecule has 0 aliphatic carbocycles. The van der Waals surface area contributed by atoms with Crippen molar-refractivity contribution in [3.8, 4) is 12.1 Å². The van der Waals surface area contributed by atoms with Gasteiger partial charge in [0, 0.05) is 17.0 Å². The summed E-state index contributed by atoms with van der Waals surface area (Å²) in [6, 6.07) is 13.4. The lowest BCUT2D eigenvalue weighted by atomic mass is 9.68. The van der Waals surface area contributed by atoms with Crippen LogP contribution in [0, 0.1) is 33.5 Å². The van der Waals surface area contributed by atoms with Crippen LogP contribution in [0.25, 0.3) is 6.08 Å². The zero-order chi connectivity index (χ0) is 20.1. The zero-order valence-electron chi connectivity index (χ0n) is 16.1. The van der Waals surface area contributed by atoms with Gasteiger partial charge in [-0.25, -0.2) is 0 Å². The van der Waals surface area contributed by atoms with Gasteiger partial charge in [0.15, 0.2) is 11.2 Å². The van der Waals surface area contributed by atoms with Crippen LogP contribution in [0.4, 0.5) is 5.69 Å². The number of fused-ring (bicyclic) bond motifs is 3. The molecule has 2 aliphatic rings. The van der Waals surface area contributed by atoms with Crippen LogP contribution in [-0.4, -0.2) is 17.9 Å². The molecule has 28 heavy (non-hydrogen) atoms. The normalized spacial score (nSPS) is 24.8. The molecule has 2 aromatic rings. The number of benzene rings is 1. The number of thiophene rings is 1. The van der Waals surface area contributed by atoms with Gasteiger partial charge < -0.3 is 4.90 Å². The van der Waals surface area contributed by atoms with Gasteiger partial charge in [-0.3, -0.25) is 4.79 Å². The minimum absolute atomic E-state index is 0.0474. The number of carbonyl (C=O) groups is 1. The number of nitriles is 2. The maximum atomic E-state index is 13.7. The lowest BCUT2D eigenvalue weighted by Gasteiger charge is -2.37. The highest BCUT2D eigenvalue weighted by molar-refractivity contribution is 7.08. The van der Waals surface area contributed by atoms with Crippen molar-refractivity contribution in [2.24, 2.45) is 10.8 Å². The highest BCUT2D eigenvalue weighted by Gasteiger charge is 2.64. The summed E-state index contributed by atoms with van der Waals surface area (Å²) in [5.74, 6) is -0.465. The quantitative estimate of drug-likeness (QED) is 0.745. The number of para-hydroxylation sites is 1. The Kier molecular flexibility index (Phi) is 4.17. The Morgan fingerprint density at radius 2 is 1.89 bits per heavy atom. The average Bonchev–Trinajstić information content (AvgIpc) is 3.30. The molecule has 4 rings (SSSR count). The van der Waals surface area contributed by atoms with E-state index in [9.17, 15) is 15.3 Å². The fourth-order valence-electron chi connectivity index (χ4n) is 4.50. The van der Waals surface area contributed by atoms with Crippen molar-refractivity contribution >= 4 is 28.9 Å². The van der Waals surface area contributed by atoms with Crippen LogP contribution in [0.2, 0.25) is 0 Å². The molecule has 0 saturated carbocycles. The Morgan fingerprint density at radius 1 is 1.18 bits per heavy atom. The van der Waals surface area contributed by atoms with Crippen LogP contribution < -0.4 is 4.90 Å². The van der Waals surface area contributed by atoms with Crippen molar-refractivity contribution in [2.75, 3.05) is 4.90 Å². The summed E-state index contributed by atoms with van der Waals surface area (Å²) in [5.41, 5.74) is 0.861. The van der Waals surface area contributed by atoms with E-state index < -0.39 is 28.8 Å². The monoisotopic (exact) mass is 387 g/mol. The minimum atomic E-state index is -1.34. The van der Waals surface area contributed by atoms with Crippen LogP contribution in [0.5, 0.6) is 0 Å². The summed E-state index contributed by atoms with van der Waals surface area (Å²) >= 11 is 1.52. The lowest BCUT2D eigenvalue weighted by Crippen LogP contribution is -2.47. The van der Waals surface area contributed by atoms with Gasteiger partial charge >= 0.3 is 0 Å². The number of Topliss-reactive ketones (excluding diaryl/α,β-unsaturated/α-hetero) is 1. The third-order valence-corrected chi connectivity index (χ3v) is 6.53. The molecule has 0 radical (unpaired) electrons. The summed E-state index contributed by atoms with van der Waals surface area (Å²) in [5, 5.41) is 24.4. The molecule has 1 aromatic heterocycles. The summed E-state index contributed by atoms with van der Waals surface area (Å²) in [7, 11) is 0. The molecule has 0 bridgehead atoms. The summed E-state index contributed by atoms with van der Waals surface area (Å²) in [4.78, 5) is 15.7. The molecule has 5 heteroatoms. The van der Waals surface area contributed by atoms with E-state index in [1.165, 1.54) is 11.3 Å². The second kappa shape index (κ2) is 6.33. The third kappa shape index (κ3) is 2.44. The van der Waals surface area contributed by atoms with E-state index in [2.05, 4.69) is 12.1 Å². The minimum Gasteiger partial charge on any atom is -0.351 e. The smallest absolute Gasteiger partial charge is 0.176 e. The largest absolute Gasteiger partial charge is 0.351 e. The molecule has 1 fully saturated rings. The average molecular weight is 388 g/mol. The molecule has 0 unspecified atom stereocenters. The molecule has 0 N–H and O–H groups in total. The number of hydrogen-bond acceptors (Lipinski definition) is 5.